The molecule has 1 amide bonds. The fourth-order valence-corrected chi connectivity index (χ4v) is 3.47. The molecule has 19 heavy (non-hydrogen) atoms. The molecule has 2 rings (SSSR count). The summed E-state index contributed by atoms with van der Waals surface area (Å²) >= 11 is 0. The van der Waals surface area contributed by atoms with Gasteiger partial charge in [0, 0.05) is 12.0 Å². The molecule has 0 aromatic rings. The van der Waals surface area contributed by atoms with Gasteiger partial charge in [-0.05, 0) is 30.1 Å². The average Bonchev–Trinajstić information content (AvgIpc) is 2.71. The SMILES string of the molecule is CC1(C)C(NC(=O)C2CCCC(C(=O)O)C2)C1(C)C. The Hall–Kier alpha value is -1.06. The lowest BCUT2D eigenvalue weighted by atomic mass is 9.81. The highest BCUT2D eigenvalue weighted by atomic mass is 16.4. The van der Waals surface area contributed by atoms with Crippen LogP contribution >= 0.6 is 0 Å². The highest BCUT2D eigenvalue weighted by Crippen LogP contribution is 2.62. The van der Waals surface area contributed by atoms with Crippen molar-refractivity contribution in [1.82, 2.24) is 5.32 Å². The molecule has 108 valence electrons. The summed E-state index contributed by atoms with van der Waals surface area (Å²) < 4.78 is 0. The van der Waals surface area contributed by atoms with Crippen LogP contribution in [-0.2, 0) is 9.59 Å². The second-order valence-corrected chi connectivity index (χ2v) is 7.28. The van der Waals surface area contributed by atoms with Crippen molar-refractivity contribution in [3.63, 3.8) is 0 Å². The summed E-state index contributed by atoms with van der Waals surface area (Å²) in [7, 11) is 0. The molecule has 2 fully saturated rings. The van der Waals surface area contributed by atoms with Crippen molar-refractivity contribution in [1.29, 1.82) is 0 Å². The molecule has 0 heterocycles. The molecule has 2 aliphatic carbocycles. The largest absolute Gasteiger partial charge is 0.481 e. The van der Waals surface area contributed by atoms with E-state index in [1.807, 2.05) is 0 Å². The molecular formula is C15H25NO3. The van der Waals surface area contributed by atoms with Crippen molar-refractivity contribution in [3.05, 3.63) is 0 Å². The molecule has 4 nitrogen and oxygen atoms in total. The van der Waals surface area contributed by atoms with E-state index in [9.17, 15) is 9.59 Å². The standard InChI is InChI=1S/C15H25NO3/c1-14(2)13(15(14,3)4)16-11(17)9-6-5-7-10(8-9)12(18)19/h9-10,13H,5-8H2,1-4H3,(H,16,17)(H,18,19). The van der Waals surface area contributed by atoms with Crippen LogP contribution in [0.5, 0.6) is 0 Å². The third-order valence-electron chi connectivity index (χ3n) is 5.70. The van der Waals surface area contributed by atoms with E-state index in [-0.39, 0.29) is 34.6 Å². The molecule has 0 radical (unpaired) electrons. The van der Waals surface area contributed by atoms with Gasteiger partial charge in [-0.1, -0.05) is 34.1 Å². The number of hydrogen-bond acceptors (Lipinski definition) is 2. The predicted octanol–water partition coefficient (Wildman–Crippen LogP) is 2.43. The summed E-state index contributed by atoms with van der Waals surface area (Å²) in [5.41, 5.74) is 0.257. The smallest absolute Gasteiger partial charge is 0.306 e. The van der Waals surface area contributed by atoms with Gasteiger partial charge in [0.25, 0.3) is 0 Å². The summed E-state index contributed by atoms with van der Waals surface area (Å²) in [5, 5.41) is 12.2. The Morgan fingerprint density at radius 3 is 2.05 bits per heavy atom. The highest BCUT2D eigenvalue weighted by molar-refractivity contribution is 5.81. The Morgan fingerprint density at radius 1 is 1.05 bits per heavy atom. The third-order valence-corrected chi connectivity index (χ3v) is 5.70. The van der Waals surface area contributed by atoms with Crippen molar-refractivity contribution < 1.29 is 14.7 Å². The van der Waals surface area contributed by atoms with Gasteiger partial charge in [0.2, 0.25) is 5.91 Å². The lowest BCUT2D eigenvalue weighted by Gasteiger charge is -2.26. The number of carbonyl (C=O) groups excluding carboxylic acids is 1. The normalized spacial score (nSPS) is 32.6. The van der Waals surface area contributed by atoms with Crippen LogP contribution in [0.3, 0.4) is 0 Å². The van der Waals surface area contributed by atoms with Crippen LogP contribution in [0.25, 0.3) is 0 Å². The molecule has 0 bridgehead atoms. The summed E-state index contributed by atoms with van der Waals surface area (Å²) in [6.45, 7) is 8.66. The molecule has 2 unspecified atom stereocenters. The monoisotopic (exact) mass is 267 g/mol. The van der Waals surface area contributed by atoms with E-state index >= 15 is 0 Å². The van der Waals surface area contributed by atoms with Gasteiger partial charge in [0.1, 0.15) is 0 Å². The number of aliphatic carboxylic acids is 1. The first-order chi connectivity index (χ1) is 8.68. The number of carbonyl (C=O) groups is 2. The molecule has 0 saturated heterocycles. The van der Waals surface area contributed by atoms with Crippen molar-refractivity contribution >= 4 is 11.9 Å². The van der Waals surface area contributed by atoms with Crippen molar-refractivity contribution in [2.45, 2.75) is 59.4 Å². The van der Waals surface area contributed by atoms with Gasteiger partial charge in [0.05, 0.1) is 5.92 Å². The van der Waals surface area contributed by atoms with Crippen LogP contribution in [0.1, 0.15) is 53.4 Å². The lowest BCUT2D eigenvalue weighted by molar-refractivity contribution is -0.144. The van der Waals surface area contributed by atoms with Gasteiger partial charge in [-0.25, -0.2) is 0 Å². The zero-order valence-electron chi connectivity index (χ0n) is 12.3. The van der Waals surface area contributed by atoms with Crippen LogP contribution in [0.15, 0.2) is 0 Å². The first kappa shape index (κ1) is 14.4. The molecule has 0 aromatic heterocycles. The molecule has 0 spiro atoms. The summed E-state index contributed by atoms with van der Waals surface area (Å²) in [6, 6.07) is 0.206. The topological polar surface area (TPSA) is 66.4 Å². The lowest BCUT2D eigenvalue weighted by Crippen LogP contribution is -2.38. The Labute approximate surface area is 115 Å². The number of amides is 1. The van der Waals surface area contributed by atoms with Gasteiger partial charge >= 0.3 is 5.97 Å². The van der Waals surface area contributed by atoms with Crippen molar-refractivity contribution in [3.8, 4) is 0 Å². The van der Waals surface area contributed by atoms with Gasteiger partial charge in [-0.2, -0.15) is 0 Å². The number of carboxylic acids is 1. The Morgan fingerprint density at radius 2 is 1.58 bits per heavy atom. The summed E-state index contributed by atoms with van der Waals surface area (Å²) in [6.07, 6.45) is 2.87. The molecule has 2 N–H and O–H groups in total. The van der Waals surface area contributed by atoms with E-state index < -0.39 is 5.97 Å². The van der Waals surface area contributed by atoms with E-state index in [4.69, 9.17) is 5.11 Å². The van der Waals surface area contributed by atoms with Gasteiger partial charge in [-0.3, -0.25) is 9.59 Å². The second-order valence-electron chi connectivity index (χ2n) is 7.28. The first-order valence-electron chi connectivity index (χ1n) is 7.21. The van der Waals surface area contributed by atoms with Crippen molar-refractivity contribution in [2.75, 3.05) is 0 Å². The molecule has 4 heteroatoms. The fourth-order valence-electron chi connectivity index (χ4n) is 3.47. The predicted molar refractivity (Wildman–Crippen MR) is 72.6 cm³/mol. The Kier molecular flexibility index (Phi) is 3.40. The zero-order valence-corrected chi connectivity index (χ0v) is 12.3. The number of rotatable bonds is 3. The van der Waals surface area contributed by atoms with Gasteiger partial charge in [0.15, 0.2) is 0 Å². The maximum atomic E-state index is 12.3. The summed E-state index contributed by atoms with van der Waals surface area (Å²) in [4.78, 5) is 23.3. The minimum absolute atomic E-state index is 0.0506. The molecule has 0 aromatic carbocycles. The van der Waals surface area contributed by atoms with Crippen LogP contribution in [0.4, 0.5) is 0 Å². The van der Waals surface area contributed by atoms with E-state index in [0.29, 0.717) is 12.8 Å². The minimum atomic E-state index is -0.760. The molecule has 2 atom stereocenters. The number of carboxylic acid groups (broad SMARTS) is 1. The molecular weight excluding hydrogens is 242 g/mol. The van der Waals surface area contributed by atoms with Crippen molar-refractivity contribution in [2.24, 2.45) is 22.7 Å². The minimum Gasteiger partial charge on any atom is -0.481 e. The van der Waals surface area contributed by atoms with Crippen LogP contribution in [0, 0.1) is 22.7 Å². The van der Waals surface area contributed by atoms with Gasteiger partial charge in [-0.15, -0.1) is 0 Å². The highest BCUT2D eigenvalue weighted by Gasteiger charge is 2.65. The second kappa shape index (κ2) is 4.50. The zero-order chi connectivity index (χ0) is 14.4. The van der Waals surface area contributed by atoms with Crippen LogP contribution < -0.4 is 5.32 Å². The molecule has 2 aliphatic rings. The van der Waals surface area contributed by atoms with E-state index in [0.717, 1.165) is 12.8 Å². The van der Waals surface area contributed by atoms with E-state index in [1.54, 1.807) is 0 Å². The van der Waals surface area contributed by atoms with E-state index in [1.165, 1.54) is 0 Å². The number of nitrogens with one attached hydrogen (secondary N) is 1. The third kappa shape index (κ3) is 2.37. The average molecular weight is 267 g/mol. The van der Waals surface area contributed by atoms with Crippen LogP contribution in [0.2, 0.25) is 0 Å². The van der Waals surface area contributed by atoms with E-state index in [2.05, 4.69) is 33.0 Å². The quantitative estimate of drug-likeness (QED) is 0.825. The molecule has 2 saturated carbocycles. The summed E-state index contributed by atoms with van der Waals surface area (Å²) in [5.74, 6) is -1.18. The maximum Gasteiger partial charge on any atom is 0.306 e. The van der Waals surface area contributed by atoms with Gasteiger partial charge < -0.3 is 10.4 Å². The first-order valence-corrected chi connectivity index (χ1v) is 7.21. The number of hydrogen-bond donors (Lipinski definition) is 2. The fraction of sp³-hybridized carbons (Fsp3) is 0.867. The Balaban J connectivity index is 1.93. The maximum absolute atomic E-state index is 12.3. The van der Waals surface area contributed by atoms with Crippen LogP contribution in [-0.4, -0.2) is 23.0 Å². The molecule has 0 aliphatic heterocycles. The Bertz CT molecular complexity index is 386.